The van der Waals surface area contributed by atoms with Gasteiger partial charge in [0.2, 0.25) is 5.91 Å². The lowest BCUT2D eigenvalue weighted by Gasteiger charge is -2.31. The predicted molar refractivity (Wildman–Crippen MR) is 115 cm³/mol. The highest BCUT2D eigenvalue weighted by Crippen LogP contribution is 2.28. The molecular weight excluding hydrogens is 386 g/mol. The monoisotopic (exact) mass is 411 g/mol. The second kappa shape index (κ2) is 7.96. The number of hydrogen-bond donors (Lipinski definition) is 2. The summed E-state index contributed by atoms with van der Waals surface area (Å²) in [5.74, 6) is -0.374. The van der Waals surface area contributed by atoms with Crippen LogP contribution in [0.25, 0.3) is 10.2 Å². The summed E-state index contributed by atoms with van der Waals surface area (Å²) in [4.78, 5) is 28.0. The summed E-state index contributed by atoms with van der Waals surface area (Å²) in [5, 5.41) is 8.36. The normalized spacial score (nSPS) is 17.5. The summed E-state index contributed by atoms with van der Waals surface area (Å²) in [7, 11) is 1.89. The third-order valence-corrected chi connectivity index (χ3v) is 6.65. The minimum Gasteiger partial charge on any atom is -0.369 e. The smallest absolute Gasteiger partial charge is 0.265 e. The fraction of sp³-hybridized carbons (Fsp3) is 0.381. The minimum absolute atomic E-state index is 0.0533. The van der Waals surface area contributed by atoms with Crippen molar-refractivity contribution in [2.24, 2.45) is 18.7 Å². The van der Waals surface area contributed by atoms with E-state index in [0.717, 1.165) is 53.1 Å². The van der Waals surface area contributed by atoms with Crippen LogP contribution in [0.15, 0.2) is 30.3 Å². The number of fused-ring (bicyclic) bond motifs is 1. The van der Waals surface area contributed by atoms with Gasteiger partial charge in [-0.15, -0.1) is 11.3 Å². The second-order valence-electron chi connectivity index (χ2n) is 7.67. The molecule has 1 fully saturated rings. The summed E-state index contributed by atoms with van der Waals surface area (Å²) in [6, 6.07) is 9.77. The Balaban J connectivity index is 1.39. The zero-order valence-electron chi connectivity index (χ0n) is 16.6. The molecule has 3 aromatic rings. The van der Waals surface area contributed by atoms with Gasteiger partial charge in [-0.05, 0) is 50.1 Å². The quantitative estimate of drug-likeness (QED) is 0.675. The van der Waals surface area contributed by atoms with Crippen molar-refractivity contribution >= 4 is 39.1 Å². The number of nitrogens with one attached hydrogen (secondary N) is 1. The summed E-state index contributed by atoms with van der Waals surface area (Å²) >= 11 is 1.44. The number of anilines is 1. The molecule has 7 nitrogen and oxygen atoms in total. The Morgan fingerprint density at radius 2 is 2.07 bits per heavy atom. The molecule has 1 aliphatic heterocycles. The number of thiophene rings is 1. The van der Waals surface area contributed by atoms with Gasteiger partial charge in [0.05, 0.1) is 16.5 Å². The molecule has 152 valence electrons. The summed E-state index contributed by atoms with van der Waals surface area (Å²) in [5.41, 5.74) is 8.30. The van der Waals surface area contributed by atoms with Crippen molar-refractivity contribution in [2.45, 2.75) is 26.3 Å². The van der Waals surface area contributed by atoms with Crippen LogP contribution in [0.2, 0.25) is 0 Å². The Morgan fingerprint density at radius 1 is 1.31 bits per heavy atom. The maximum atomic E-state index is 12.6. The molecule has 0 bridgehead atoms. The molecule has 3 heterocycles. The van der Waals surface area contributed by atoms with Crippen LogP contribution in [-0.4, -0.2) is 39.6 Å². The predicted octanol–water partition coefficient (Wildman–Crippen LogP) is 2.89. The molecule has 1 aromatic carbocycles. The summed E-state index contributed by atoms with van der Waals surface area (Å²) in [6.45, 7) is 4.42. The summed E-state index contributed by atoms with van der Waals surface area (Å²) in [6.07, 6.45) is 1.87. The molecule has 0 radical (unpaired) electrons. The Hall–Kier alpha value is -2.71. The van der Waals surface area contributed by atoms with Crippen LogP contribution in [0, 0.1) is 12.8 Å². The van der Waals surface area contributed by atoms with E-state index < -0.39 is 0 Å². The maximum Gasteiger partial charge on any atom is 0.265 e. The minimum atomic E-state index is -0.208. The van der Waals surface area contributed by atoms with E-state index >= 15 is 0 Å². The second-order valence-corrected chi connectivity index (χ2v) is 8.70. The van der Waals surface area contributed by atoms with E-state index in [-0.39, 0.29) is 17.7 Å². The van der Waals surface area contributed by atoms with Crippen LogP contribution in [-0.2, 0) is 18.4 Å². The first-order valence-corrected chi connectivity index (χ1v) is 10.6. The molecule has 29 heavy (non-hydrogen) atoms. The van der Waals surface area contributed by atoms with Crippen molar-refractivity contribution < 1.29 is 9.59 Å². The van der Waals surface area contributed by atoms with E-state index in [0.29, 0.717) is 11.4 Å². The number of nitrogens with two attached hydrogens (primary N) is 1. The molecule has 1 saturated heterocycles. The molecule has 0 spiro atoms. The number of aromatic nitrogens is 2. The van der Waals surface area contributed by atoms with Crippen molar-refractivity contribution in [3.05, 3.63) is 46.5 Å². The largest absolute Gasteiger partial charge is 0.369 e. The first-order chi connectivity index (χ1) is 13.9. The number of primary amides is 1. The highest BCUT2D eigenvalue weighted by Gasteiger charge is 2.23. The molecule has 1 atom stereocenters. The van der Waals surface area contributed by atoms with Crippen LogP contribution in [0.1, 0.15) is 33.8 Å². The number of carbonyl (C=O) groups excluding carboxylic acids is 2. The van der Waals surface area contributed by atoms with Crippen molar-refractivity contribution in [2.75, 3.05) is 18.4 Å². The molecule has 2 amide bonds. The van der Waals surface area contributed by atoms with Gasteiger partial charge in [-0.2, -0.15) is 5.10 Å². The lowest BCUT2D eigenvalue weighted by molar-refractivity contribution is -0.123. The zero-order valence-corrected chi connectivity index (χ0v) is 17.5. The molecule has 8 heteroatoms. The van der Waals surface area contributed by atoms with E-state index in [1.54, 1.807) is 0 Å². The Morgan fingerprint density at radius 3 is 2.76 bits per heavy atom. The molecule has 2 aromatic heterocycles. The summed E-state index contributed by atoms with van der Waals surface area (Å²) < 4.78 is 1.81. The molecule has 0 aliphatic carbocycles. The number of likely N-dealkylation sites (tertiary alicyclic amines) is 1. The average Bonchev–Trinajstić information content (AvgIpc) is 3.25. The van der Waals surface area contributed by atoms with Crippen LogP contribution < -0.4 is 11.1 Å². The SMILES string of the molecule is Cc1nn(C)c2sc(C(=O)Nc3ccc(CN4CCCC(C(N)=O)C4)cc3)cc12. The fourth-order valence-corrected chi connectivity index (χ4v) is 4.91. The van der Waals surface area contributed by atoms with Gasteiger partial charge in [-0.3, -0.25) is 19.2 Å². The van der Waals surface area contributed by atoms with Crippen LogP contribution >= 0.6 is 11.3 Å². The van der Waals surface area contributed by atoms with Gasteiger partial charge >= 0.3 is 0 Å². The van der Waals surface area contributed by atoms with Crippen LogP contribution in [0.4, 0.5) is 5.69 Å². The molecule has 0 saturated carbocycles. The van der Waals surface area contributed by atoms with E-state index in [1.807, 2.05) is 49.0 Å². The van der Waals surface area contributed by atoms with E-state index in [1.165, 1.54) is 11.3 Å². The molecular formula is C21H25N5O2S. The number of hydrogen-bond acceptors (Lipinski definition) is 5. The Labute approximate surface area is 173 Å². The fourth-order valence-electron chi connectivity index (χ4n) is 3.89. The van der Waals surface area contributed by atoms with E-state index in [9.17, 15) is 9.59 Å². The third kappa shape index (κ3) is 4.18. The number of benzene rings is 1. The third-order valence-electron chi connectivity index (χ3n) is 5.45. The van der Waals surface area contributed by atoms with E-state index in [4.69, 9.17) is 5.73 Å². The van der Waals surface area contributed by atoms with Gasteiger partial charge in [0.25, 0.3) is 5.91 Å². The van der Waals surface area contributed by atoms with Crippen LogP contribution in [0.3, 0.4) is 0 Å². The van der Waals surface area contributed by atoms with Crippen molar-refractivity contribution in [1.82, 2.24) is 14.7 Å². The van der Waals surface area contributed by atoms with Crippen molar-refractivity contribution in [3.63, 3.8) is 0 Å². The lowest BCUT2D eigenvalue weighted by atomic mass is 9.97. The highest BCUT2D eigenvalue weighted by molar-refractivity contribution is 7.20. The zero-order chi connectivity index (χ0) is 20.5. The van der Waals surface area contributed by atoms with Gasteiger partial charge in [0.1, 0.15) is 4.83 Å². The molecule has 4 rings (SSSR count). The molecule has 3 N–H and O–H groups in total. The van der Waals surface area contributed by atoms with Crippen LogP contribution in [0.5, 0.6) is 0 Å². The topological polar surface area (TPSA) is 93.2 Å². The Kier molecular flexibility index (Phi) is 5.38. The first kappa shape index (κ1) is 19.6. The van der Waals surface area contributed by atoms with E-state index in [2.05, 4.69) is 15.3 Å². The van der Waals surface area contributed by atoms with Gasteiger partial charge in [-0.25, -0.2) is 0 Å². The highest BCUT2D eigenvalue weighted by atomic mass is 32.1. The molecule has 1 unspecified atom stereocenters. The van der Waals surface area contributed by atoms with Gasteiger partial charge in [0.15, 0.2) is 0 Å². The number of carbonyl (C=O) groups is 2. The van der Waals surface area contributed by atoms with Gasteiger partial charge in [-0.1, -0.05) is 12.1 Å². The van der Waals surface area contributed by atoms with Gasteiger partial charge in [0, 0.05) is 31.2 Å². The number of rotatable bonds is 5. The number of piperidine rings is 1. The van der Waals surface area contributed by atoms with Gasteiger partial charge < -0.3 is 11.1 Å². The maximum absolute atomic E-state index is 12.6. The standard InChI is InChI=1S/C21H25N5O2S/c1-13-17-10-18(29-21(17)25(2)24-13)20(28)23-16-7-5-14(6-8-16)11-26-9-3-4-15(12-26)19(22)27/h5-8,10,15H,3-4,9,11-12H2,1-2H3,(H2,22,27)(H,23,28). The number of aryl methyl sites for hydroxylation is 2. The van der Waals surface area contributed by atoms with Crippen molar-refractivity contribution in [1.29, 1.82) is 0 Å². The lowest BCUT2D eigenvalue weighted by Crippen LogP contribution is -2.40. The number of nitrogens with zero attached hydrogens (tertiary/aromatic N) is 3. The number of amides is 2. The first-order valence-electron chi connectivity index (χ1n) is 9.76. The average molecular weight is 412 g/mol. The van der Waals surface area contributed by atoms with Crippen molar-refractivity contribution in [3.8, 4) is 0 Å². The molecule has 1 aliphatic rings. The Bertz CT molecular complexity index is 1020.